The number of nitrogens with zero attached hydrogens (tertiary/aromatic N) is 1. The van der Waals surface area contributed by atoms with E-state index >= 15 is 0 Å². The van der Waals surface area contributed by atoms with Crippen molar-refractivity contribution in [1.29, 1.82) is 0 Å². The molecule has 1 aliphatic rings. The molecule has 0 atom stereocenters. The molecule has 140 valence electrons. The lowest BCUT2D eigenvalue weighted by Crippen LogP contribution is -3.13. The Balaban J connectivity index is 1.51. The van der Waals surface area contributed by atoms with E-state index in [1.165, 1.54) is 17.0 Å². The van der Waals surface area contributed by atoms with E-state index < -0.39 is 0 Å². The highest BCUT2D eigenvalue weighted by Crippen LogP contribution is 2.25. The summed E-state index contributed by atoms with van der Waals surface area (Å²) in [5.41, 5.74) is 3.16. The fraction of sp³-hybridized carbons (Fsp3) is 0.286. The van der Waals surface area contributed by atoms with Crippen molar-refractivity contribution >= 4 is 28.3 Å². The van der Waals surface area contributed by atoms with Crippen LogP contribution in [0.1, 0.15) is 11.1 Å². The summed E-state index contributed by atoms with van der Waals surface area (Å²) >= 11 is 6.28. The molecule has 1 saturated heterocycles. The number of piperazine rings is 1. The van der Waals surface area contributed by atoms with Crippen LogP contribution in [0.5, 0.6) is 0 Å². The molecule has 1 aromatic heterocycles. The number of hydrogen-bond acceptors (Lipinski definition) is 3. The minimum Gasteiger partial charge on any atom is -0.423 e. The zero-order valence-corrected chi connectivity index (χ0v) is 15.9. The molecular formula is C21H21ClFN2O2+. The normalized spacial score (nSPS) is 15.4. The molecule has 1 fully saturated rings. The van der Waals surface area contributed by atoms with Gasteiger partial charge in [0.25, 0.3) is 0 Å². The van der Waals surface area contributed by atoms with E-state index in [2.05, 4.69) is 4.90 Å². The van der Waals surface area contributed by atoms with Crippen molar-refractivity contribution in [3.63, 3.8) is 0 Å². The molecule has 4 nitrogen and oxygen atoms in total. The van der Waals surface area contributed by atoms with Crippen LogP contribution in [0.2, 0.25) is 5.02 Å². The van der Waals surface area contributed by atoms with Crippen LogP contribution in [-0.4, -0.2) is 26.2 Å². The summed E-state index contributed by atoms with van der Waals surface area (Å²) in [6.07, 6.45) is 0. The lowest BCUT2D eigenvalue weighted by atomic mass is 10.1. The van der Waals surface area contributed by atoms with Gasteiger partial charge in [-0.25, -0.2) is 9.18 Å². The molecule has 1 aliphatic heterocycles. The predicted molar refractivity (Wildman–Crippen MR) is 105 cm³/mol. The second-order valence-electron chi connectivity index (χ2n) is 7.08. The van der Waals surface area contributed by atoms with E-state index in [9.17, 15) is 9.18 Å². The summed E-state index contributed by atoms with van der Waals surface area (Å²) in [7, 11) is 0. The first-order valence-electron chi connectivity index (χ1n) is 9.06. The second kappa shape index (κ2) is 7.33. The Bertz CT molecular complexity index is 1020. The highest BCUT2D eigenvalue weighted by molar-refractivity contribution is 6.32. The number of nitrogens with one attached hydrogen (secondary N) is 1. The van der Waals surface area contributed by atoms with E-state index in [4.69, 9.17) is 16.0 Å². The summed E-state index contributed by atoms with van der Waals surface area (Å²) in [6, 6.07) is 11.9. The average Bonchev–Trinajstić information content (AvgIpc) is 2.65. The zero-order chi connectivity index (χ0) is 19.0. The standard InChI is InChI=1S/C21H20ClFN2O2/c1-14-10-20-18(12-19(14)22)15(11-21(26)27-20)13-24-6-8-25(9-7-24)17-4-2-16(23)3-5-17/h2-5,10-12H,6-9,13H2,1H3/p+1. The first kappa shape index (κ1) is 18.0. The smallest absolute Gasteiger partial charge is 0.336 e. The Morgan fingerprint density at radius 3 is 2.56 bits per heavy atom. The van der Waals surface area contributed by atoms with Crippen LogP contribution in [0, 0.1) is 12.7 Å². The van der Waals surface area contributed by atoms with Gasteiger partial charge in [-0.2, -0.15) is 0 Å². The van der Waals surface area contributed by atoms with Gasteiger partial charge < -0.3 is 14.2 Å². The van der Waals surface area contributed by atoms with Crippen LogP contribution in [0.4, 0.5) is 10.1 Å². The molecule has 0 radical (unpaired) electrons. The van der Waals surface area contributed by atoms with Crippen LogP contribution in [0.15, 0.2) is 51.7 Å². The van der Waals surface area contributed by atoms with Crippen molar-refractivity contribution < 1.29 is 13.7 Å². The number of fused-ring (bicyclic) bond motifs is 1. The number of quaternary nitrogens is 1. The van der Waals surface area contributed by atoms with E-state index in [1.54, 1.807) is 6.07 Å². The highest BCUT2D eigenvalue weighted by Gasteiger charge is 2.22. The van der Waals surface area contributed by atoms with Crippen molar-refractivity contribution in [3.8, 4) is 0 Å². The number of anilines is 1. The van der Waals surface area contributed by atoms with Gasteiger partial charge >= 0.3 is 5.63 Å². The SMILES string of the molecule is Cc1cc2oc(=O)cc(C[NH+]3CCN(c4ccc(F)cc4)CC3)c2cc1Cl. The Hall–Kier alpha value is -2.37. The largest absolute Gasteiger partial charge is 0.423 e. The molecule has 1 N–H and O–H groups in total. The minimum absolute atomic E-state index is 0.216. The summed E-state index contributed by atoms with van der Waals surface area (Å²) in [6.45, 7) is 6.31. The number of halogens is 2. The molecule has 27 heavy (non-hydrogen) atoms. The number of benzene rings is 2. The number of hydrogen-bond donors (Lipinski definition) is 1. The third kappa shape index (κ3) is 3.84. The van der Waals surface area contributed by atoms with Gasteiger partial charge in [0.2, 0.25) is 0 Å². The van der Waals surface area contributed by atoms with Crippen LogP contribution >= 0.6 is 11.6 Å². The second-order valence-corrected chi connectivity index (χ2v) is 7.49. The molecule has 4 rings (SSSR count). The molecule has 2 aromatic carbocycles. The van der Waals surface area contributed by atoms with Crippen LogP contribution < -0.4 is 15.4 Å². The molecule has 3 aromatic rings. The molecule has 0 amide bonds. The lowest BCUT2D eigenvalue weighted by Gasteiger charge is -2.33. The van der Waals surface area contributed by atoms with Crippen molar-refractivity contribution in [3.05, 3.63) is 74.9 Å². The topological polar surface area (TPSA) is 37.9 Å². The molecule has 0 spiro atoms. The molecule has 2 heterocycles. The average molecular weight is 388 g/mol. The van der Waals surface area contributed by atoms with Gasteiger partial charge in [0.05, 0.1) is 26.2 Å². The van der Waals surface area contributed by atoms with Crippen molar-refractivity contribution in [2.24, 2.45) is 0 Å². The van der Waals surface area contributed by atoms with Gasteiger partial charge in [0, 0.05) is 27.7 Å². The van der Waals surface area contributed by atoms with Gasteiger partial charge in [-0.1, -0.05) is 11.6 Å². The molecule has 6 heteroatoms. The maximum atomic E-state index is 13.1. The Labute approximate surface area is 161 Å². The molecule has 0 bridgehead atoms. The summed E-state index contributed by atoms with van der Waals surface area (Å²) in [4.78, 5) is 15.6. The van der Waals surface area contributed by atoms with E-state index in [0.717, 1.165) is 54.9 Å². The quantitative estimate of drug-likeness (QED) is 0.702. The summed E-state index contributed by atoms with van der Waals surface area (Å²) in [5.74, 6) is -0.216. The van der Waals surface area contributed by atoms with Crippen LogP contribution in [-0.2, 0) is 6.54 Å². The van der Waals surface area contributed by atoms with E-state index in [-0.39, 0.29) is 11.4 Å². The van der Waals surface area contributed by atoms with Gasteiger partial charge in [0.1, 0.15) is 17.9 Å². The summed E-state index contributed by atoms with van der Waals surface area (Å²) in [5, 5.41) is 1.58. The Morgan fingerprint density at radius 2 is 1.85 bits per heavy atom. The fourth-order valence-electron chi connectivity index (χ4n) is 3.67. The molecule has 0 aliphatic carbocycles. The monoisotopic (exact) mass is 387 g/mol. The third-order valence-electron chi connectivity index (χ3n) is 5.21. The first-order chi connectivity index (χ1) is 13.0. The minimum atomic E-state index is -0.330. The van der Waals surface area contributed by atoms with E-state index in [0.29, 0.717) is 10.6 Å². The highest BCUT2D eigenvalue weighted by atomic mass is 35.5. The molecule has 0 unspecified atom stereocenters. The predicted octanol–water partition coefficient (Wildman–Crippen LogP) is 2.80. The Morgan fingerprint density at radius 1 is 1.15 bits per heavy atom. The molecule has 0 saturated carbocycles. The maximum absolute atomic E-state index is 13.1. The number of aryl methyl sites for hydroxylation is 1. The lowest BCUT2D eigenvalue weighted by molar-refractivity contribution is -0.914. The molecular weight excluding hydrogens is 367 g/mol. The maximum Gasteiger partial charge on any atom is 0.336 e. The van der Waals surface area contributed by atoms with Crippen LogP contribution in [0.25, 0.3) is 11.0 Å². The van der Waals surface area contributed by atoms with Crippen molar-refractivity contribution in [2.45, 2.75) is 13.5 Å². The third-order valence-corrected chi connectivity index (χ3v) is 5.62. The van der Waals surface area contributed by atoms with Gasteiger partial charge in [-0.3, -0.25) is 0 Å². The van der Waals surface area contributed by atoms with Gasteiger partial charge in [0.15, 0.2) is 0 Å². The van der Waals surface area contributed by atoms with Crippen molar-refractivity contribution in [2.75, 3.05) is 31.1 Å². The number of rotatable bonds is 3. The van der Waals surface area contributed by atoms with Gasteiger partial charge in [-0.05, 0) is 48.9 Å². The Kier molecular flexibility index (Phi) is 4.89. The fourth-order valence-corrected chi connectivity index (χ4v) is 3.84. The summed E-state index contributed by atoms with van der Waals surface area (Å²) < 4.78 is 18.5. The zero-order valence-electron chi connectivity index (χ0n) is 15.1. The first-order valence-corrected chi connectivity index (χ1v) is 9.44. The van der Waals surface area contributed by atoms with E-state index in [1.807, 2.05) is 31.2 Å². The van der Waals surface area contributed by atoms with Gasteiger partial charge in [-0.15, -0.1) is 0 Å². The van der Waals surface area contributed by atoms with Crippen LogP contribution in [0.3, 0.4) is 0 Å². The van der Waals surface area contributed by atoms with Crippen molar-refractivity contribution in [1.82, 2.24) is 0 Å².